The number of rotatable bonds is 3. The Kier molecular flexibility index (Phi) is 3.78. The fraction of sp³-hybridized carbons (Fsp3) is 0.562. The summed E-state index contributed by atoms with van der Waals surface area (Å²) >= 11 is 0. The third-order valence-electron chi connectivity index (χ3n) is 3.70. The molecule has 1 fully saturated rings. The monoisotopic (exact) mass is 277 g/mol. The van der Waals surface area contributed by atoms with Gasteiger partial charge in [0.2, 0.25) is 0 Å². The topological polar surface area (TPSA) is 47.6 Å². The van der Waals surface area contributed by atoms with Gasteiger partial charge >= 0.3 is 5.97 Å². The highest BCUT2D eigenvalue weighted by Gasteiger charge is 2.45. The van der Waals surface area contributed by atoms with Crippen LogP contribution in [0.25, 0.3) is 0 Å². The van der Waals surface area contributed by atoms with Crippen LogP contribution in [-0.2, 0) is 9.47 Å². The Morgan fingerprint density at radius 2 is 2.05 bits per heavy atom. The number of carbonyl (C=O) groups is 1. The van der Waals surface area contributed by atoms with E-state index in [0.717, 1.165) is 12.1 Å². The first kappa shape index (κ1) is 14.9. The number of methoxy groups -OCH3 is 1. The van der Waals surface area contributed by atoms with Crippen molar-refractivity contribution in [2.24, 2.45) is 0 Å². The van der Waals surface area contributed by atoms with Crippen LogP contribution in [-0.4, -0.2) is 30.3 Å². The van der Waals surface area contributed by atoms with E-state index in [-0.39, 0.29) is 23.2 Å². The first-order valence-electron chi connectivity index (χ1n) is 6.89. The fourth-order valence-corrected chi connectivity index (χ4v) is 2.84. The SMILES string of the molecule is COC(=O)c1cccc(NC2CC(C)(C)OC2(C)C)c1. The molecular weight excluding hydrogens is 254 g/mol. The summed E-state index contributed by atoms with van der Waals surface area (Å²) in [6.07, 6.45) is 0.919. The van der Waals surface area contributed by atoms with Crippen molar-refractivity contribution in [1.29, 1.82) is 0 Å². The number of ether oxygens (including phenoxy) is 2. The number of nitrogens with one attached hydrogen (secondary N) is 1. The first-order chi connectivity index (χ1) is 9.23. The van der Waals surface area contributed by atoms with E-state index in [2.05, 4.69) is 33.0 Å². The first-order valence-corrected chi connectivity index (χ1v) is 6.89. The van der Waals surface area contributed by atoms with Crippen LogP contribution in [0.15, 0.2) is 24.3 Å². The van der Waals surface area contributed by atoms with Gasteiger partial charge in [-0.2, -0.15) is 0 Å². The maximum Gasteiger partial charge on any atom is 0.337 e. The molecule has 1 unspecified atom stereocenters. The maximum atomic E-state index is 11.6. The van der Waals surface area contributed by atoms with Gasteiger partial charge in [-0.1, -0.05) is 6.07 Å². The third kappa shape index (κ3) is 3.12. The van der Waals surface area contributed by atoms with Gasteiger partial charge in [0, 0.05) is 5.69 Å². The lowest BCUT2D eigenvalue weighted by Crippen LogP contribution is -2.38. The molecule has 4 nitrogen and oxygen atoms in total. The van der Waals surface area contributed by atoms with Crippen molar-refractivity contribution >= 4 is 11.7 Å². The van der Waals surface area contributed by atoms with Crippen LogP contribution < -0.4 is 5.32 Å². The van der Waals surface area contributed by atoms with Crippen molar-refractivity contribution in [3.63, 3.8) is 0 Å². The summed E-state index contributed by atoms with van der Waals surface area (Å²) < 4.78 is 10.8. The van der Waals surface area contributed by atoms with Gasteiger partial charge in [-0.15, -0.1) is 0 Å². The molecule has 1 heterocycles. The van der Waals surface area contributed by atoms with Crippen molar-refractivity contribution in [2.75, 3.05) is 12.4 Å². The molecule has 1 aromatic rings. The molecule has 0 radical (unpaired) electrons. The lowest BCUT2D eigenvalue weighted by atomic mass is 9.94. The Labute approximate surface area is 120 Å². The van der Waals surface area contributed by atoms with E-state index in [1.807, 2.05) is 18.2 Å². The lowest BCUT2D eigenvalue weighted by Gasteiger charge is -2.28. The average molecular weight is 277 g/mol. The van der Waals surface area contributed by atoms with E-state index in [9.17, 15) is 4.79 Å². The van der Waals surface area contributed by atoms with Gasteiger partial charge in [0.25, 0.3) is 0 Å². The number of esters is 1. The predicted octanol–water partition coefficient (Wildman–Crippen LogP) is 3.23. The van der Waals surface area contributed by atoms with Crippen LogP contribution in [0.5, 0.6) is 0 Å². The van der Waals surface area contributed by atoms with E-state index in [0.29, 0.717) is 5.56 Å². The summed E-state index contributed by atoms with van der Waals surface area (Å²) in [6, 6.07) is 7.56. The molecule has 20 heavy (non-hydrogen) atoms. The van der Waals surface area contributed by atoms with Gasteiger partial charge in [0.05, 0.1) is 29.9 Å². The van der Waals surface area contributed by atoms with Crippen molar-refractivity contribution in [3.05, 3.63) is 29.8 Å². The van der Waals surface area contributed by atoms with Gasteiger partial charge in [0.1, 0.15) is 0 Å². The van der Waals surface area contributed by atoms with Crippen molar-refractivity contribution in [2.45, 2.75) is 51.4 Å². The molecule has 0 saturated carbocycles. The number of benzene rings is 1. The van der Waals surface area contributed by atoms with Gasteiger partial charge < -0.3 is 14.8 Å². The summed E-state index contributed by atoms with van der Waals surface area (Å²) in [5.41, 5.74) is 1.08. The van der Waals surface area contributed by atoms with E-state index in [1.54, 1.807) is 6.07 Å². The van der Waals surface area contributed by atoms with Crippen LogP contribution in [0.2, 0.25) is 0 Å². The Bertz CT molecular complexity index is 508. The minimum Gasteiger partial charge on any atom is -0.465 e. The molecule has 1 N–H and O–H groups in total. The quantitative estimate of drug-likeness (QED) is 0.862. The Hall–Kier alpha value is -1.55. The summed E-state index contributed by atoms with van der Waals surface area (Å²) in [4.78, 5) is 11.6. The van der Waals surface area contributed by atoms with Gasteiger partial charge in [-0.25, -0.2) is 4.79 Å². The second-order valence-corrected chi connectivity index (χ2v) is 6.44. The van der Waals surface area contributed by atoms with Crippen LogP contribution in [0, 0.1) is 0 Å². The lowest BCUT2D eigenvalue weighted by molar-refractivity contribution is -0.0662. The minimum absolute atomic E-state index is 0.138. The molecule has 1 saturated heterocycles. The zero-order valence-electron chi connectivity index (χ0n) is 12.8. The van der Waals surface area contributed by atoms with Crippen LogP contribution in [0.3, 0.4) is 0 Å². The zero-order chi connectivity index (χ0) is 15.0. The molecule has 0 amide bonds. The number of carbonyl (C=O) groups excluding carboxylic acids is 1. The van der Waals surface area contributed by atoms with Crippen molar-refractivity contribution < 1.29 is 14.3 Å². The Morgan fingerprint density at radius 1 is 1.35 bits per heavy atom. The molecule has 0 aromatic heterocycles. The summed E-state index contributed by atoms with van der Waals surface area (Å²) in [5.74, 6) is -0.323. The van der Waals surface area contributed by atoms with Gasteiger partial charge in [-0.3, -0.25) is 0 Å². The number of hydrogen-bond donors (Lipinski definition) is 1. The largest absolute Gasteiger partial charge is 0.465 e. The number of anilines is 1. The standard InChI is InChI=1S/C16H23NO3/c1-15(2)10-13(16(3,4)20-15)17-12-8-6-7-11(9-12)14(18)19-5/h6-9,13,17H,10H2,1-5H3. The number of hydrogen-bond acceptors (Lipinski definition) is 4. The highest BCUT2D eigenvalue weighted by atomic mass is 16.5. The normalized spacial score (nSPS) is 23.4. The smallest absolute Gasteiger partial charge is 0.337 e. The second kappa shape index (κ2) is 5.09. The molecule has 0 bridgehead atoms. The van der Waals surface area contributed by atoms with E-state index >= 15 is 0 Å². The fourth-order valence-electron chi connectivity index (χ4n) is 2.84. The zero-order valence-corrected chi connectivity index (χ0v) is 12.8. The molecule has 4 heteroatoms. The molecule has 110 valence electrons. The minimum atomic E-state index is -0.323. The third-order valence-corrected chi connectivity index (χ3v) is 3.70. The molecule has 0 aliphatic carbocycles. The van der Waals surface area contributed by atoms with Crippen molar-refractivity contribution in [3.8, 4) is 0 Å². The van der Waals surface area contributed by atoms with Crippen molar-refractivity contribution in [1.82, 2.24) is 0 Å². The predicted molar refractivity (Wildman–Crippen MR) is 79.1 cm³/mol. The van der Waals surface area contributed by atoms with Gasteiger partial charge in [-0.05, 0) is 52.3 Å². The van der Waals surface area contributed by atoms with Crippen LogP contribution in [0.1, 0.15) is 44.5 Å². The Balaban J connectivity index is 2.16. The molecule has 1 aromatic carbocycles. The summed E-state index contributed by atoms with van der Waals surface area (Å²) in [5, 5.41) is 3.47. The Morgan fingerprint density at radius 3 is 2.60 bits per heavy atom. The van der Waals surface area contributed by atoms with Gasteiger partial charge in [0.15, 0.2) is 0 Å². The second-order valence-electron chi connectivity index (χ2n) is 6.44. The molecule has 1 aliphatic heterocycles. The molecule has 1 atom stereocenters. The highest BCUT2D eigenvalue weighted by Crippen LogP contribution is 2.38. The molecule has 1 aliphatic rings. The van der Waals surface area contributed by atoms with E-state index in [1.165, 1.54) is 7.11 Å². The highest BCUT2D eigenvalue weighted by molar-refractivity contribution is 5.90. The molecule has 2 rings (SSSR count). The molecule has 0 spiro atoms. The summed E-state index contributed by atoms with van der Waals surface area (Å²) in [6.45, 7) is 8.37. The average Bonchev–Trinajstić information content (AvgIpc) is 2.56. The van der Waals surface area contributed by atoms with Crippen LogP contribution in [0.4, 0.5) is 5.69 Å². The summed E-state index contributed by atoms with van der Waals surface area (Å²) in [7, 11) is 1.39. The molecular formula is C16H23NO3. The van der Waals surface area contributed by atoms with E-state index in [4.69, 9.17) is 9.47 Å². The maximum absolute atomic E-state index is 11.6. The van der Waals surface area contributed by atoms with E-state index < -0.39 is 0 Å². The van der Waals surface area contributed by atoms with Crippen LogP contribution >= 0.6 is 0 Å².